The van der Waals surface area contributed by atoms with E-state index >= 15 is 0 Å². The Hall–Kier alpha value is -1.13. The Labute approximate surface area is 110 Å². The Balaban J connectivity index is 0.000000771. The third kappa shape index (κ3) is 4.63. The molecule has 1 aliphatic rings. The number of hydrogen-bond acceptors (Lipinski definition) is 4. The van der Waals surface area contributed by atoms with Gasteiger partial charge >= 0.3 is 0 Å². The highest BCUT2D eigenvalue weighted by Crippen LogP contribution is 2.16. The van der Waals surface area contributed by atoms with Crippen LogP contribution in [0.15, 0.2) is 18.3 Å². The fraction of sp³-hybridized carbons (Fsp3) is 0.643. The number of aliphatic hydroxyl groups is 1. The third-order valence-electron chi connectivity index (χ3n) is 2.82. The van der Waals surface area contributed by atoms with Crippen molar-refractivity contribution in [1.29, 1.82) is 0 Å². The van der Waals surface area contributed by atoms with E-state index in [0.717, 1.165) is 31.6 Å². The molecule has 1 aromatic rings. The highest BCUT2D eigenvalue weighted by atomic mass is 16.5. The molecular formula is C14H24N2O2. The number of likely N-dealkylation sites (tertiary alicyclic amines) is 1. The first-order valence-electron chi connectivity index (χ1n) is 6.70. The van der Waals surface area contributed by atoms with E-state index < -0.39 is 0 Å². The predicted octanol–water partition coefficient (Wildman–Crippen LogP) is 1.86. The molecule has 18 heavy (non-hydrogen) atoms. The molecule has 0 bridgehead atoms. The van der Waals surface area contributed by atoms with E-state index in [1.165, 1.54) is 0 Å². The number of β-amino-alcohol motifs (C(OH)–C–C–N with tert-alkyl or cyclic N) is 1. The molecule has 0 radical (unpaired) electrons. The molecule has 0 aliphatic carbocycles. The van der Waals surface area contributed by atoms with Crippen molar-refractivity contribution in [2.75, 3.05) is 26.2 Å². The Morgan fingerprint density at radius 1 is 1.44 bits per heavy atom. The summed E-state index contributed by atoms with van der Waals surface area (Å²) in [5.41, 5.74) is 1.14. The van der Waals surface area contributed by atoms with Crippen molar-refractivity contribution in [3.05, 3.63) is 23.9 Å². The van der Waals surface area contributed by atoms with Gasteiger partial charge in [-0.1, -0.05) is 19.9 Å². The number of pyridine rings is 1. The molecule has 1 aromatic heterocycles. The zero-order valence-electron chi connectivity index (χ0n) is 11.6. The van der Waals surface area contributed by atoms with Gasteiger partial charge in [0.25, 0.3) is 0 Å². The maximum atomic E-state index is 8.84. The van der Waals surface area contributed by atoms with E-state index in [4.69, 9.17) is 9.84 Å². The molecule has 2 rings (SSSR count). The van der Waals surface area contributed by atoms with E-state index in [2.05, 4.69) is 9.88 Å². The minimum atomic E-state index is 0.210. The van der Waals surface area contributed by atoms with Crippen LogP contribution in [0.25, 0.3) is 0 Å². The Kier molecular flexibility index (Phi) is 6.68. The average molecular weight is 252 g/mol. The van der Waals surface area contributed by atoms with Crippen LogP contribution in [0.5, 0.6) is 5.88 Å². The molecule has 1 fully saturated rings. The van der Waals surface area contributed by atoms with Gasteiger partial charge in [-0.25, -0.2) is 4.98 Å². The fourth-order valence-electron chi connectivity index (χ4n) is 1.93. The second-order valence-corrected chi connectivity index (χ2v) is 4.23. The van der Waals surface area contributed by atoms with E-state index in [1.54, 1.807) is 0 Å². The van der Waals surface area contributed by atoms with E-state index in [1.807, 2.05) is 39.1 Å². The zero-order valence-corrected chi connectivity index (χ0v) is 11.6. The molecule has 1 atom stereocenters. The first kappa shape index (κ1) is 14.9. The SMILES string of the molecule is CC.Cc1ccc(OC2CCN(CCO)C2)nc1. The Bertz CT molecular complexity index is 327. The van der Waals surface area contributed by atoms with Gasteiger partial charge in [-0.2, -0.15) is 0 Å². The summed E-state index contributed by atoms with van der Waals surface area (Å²) in [7, 11) is 0. The summed E-state index contributed by atoms with van der Waals surface area (Å²) >= 11 is 0. The van der Waals surface area contributed by atoms with Crippen LogP contribution < -0.4 is 4.74 Å². The van der Waals surface area contributed by atoms with Crippen molar-refractivity contribution in [3.63, 3.8) is 0 Å². The molecule has 1 N–H and O–H groups in total. The summed E-state index contributed by atoms with van der Waals surface area (Å²) in [6.07, 6.45) is 3.03. The van der Waals surface area contributed by atoms with Gasteiger partial charge in [0.05, 0.1) is 6.61 Å². The smallest absolute Gasteiger partial charge is 0.213 e. The summed E-state index contributed by atoms with van der Waals surface area (Å²) in [5, 5.41) is 8.84. The first-order valence-corrected chi connectivity index (χ1v) is 6.70. The largest absolute Gasteiger partial charge is 0.473 e. The van der Waals surface area contributed by atoms with Crippen LogP contribution in [0.4, 0.5) is 0 Å². The minimum Gasteiger partial charge on any atom is -0.473 e. The first-order chi connectivity index (χ1) is 8.78. The quantitative estimate of drug-likeness (QED) is 0.888. The number of hydrogen-bond donors (Lipinski definition) is 1. The van der Waals surface area contributed by atoms with E-state index in [0.29, 0.717) is 5.88 Å². The van der Waals surface area contributed by atoms with E-state index in [9.17, 15) is 0 Å². The second kappa shape index (κ2) is 8.06. The van der Waals surface area contributed by atoms with Gasteiger partial charge in [-0.15, -0.1) is 0 Å². The Morgan fingerprint density at radius 3 is 2.83 bits per heavy atom. The van der Waals surface area contributed by atoms with Crippen molar-refractivity contribution in [3.8, 4) is 5.88 Å². The molecule has 0 saturated carbocycles. The van der Waals surface area contributed by atoms with Crippen molar-refractivity contribution < 1.29 is 9.84 Å². The predicted molar refractivity (Wildman–Crippen MR) is 72.9 cm³/mol. The minimum absolute atomic E-state index is 0.210. The lowest BCUT2D eigenvalue weighted by atomic mass is 10.3. The molecule has 4 heteroatoms. The lowest BCUT2D eigenvalue weighted by Crippen LogP contribution is -2.27. The maximum absolute atomic E-state index is 8.84. The van der Waals surface area contributed by atoms with Gasteiger partial charge < -0.3 is 9.84 Å². The molecule has 0 aromatic carbocycles. The van der Waals surface area contributed by atoms with Gasteiger partial charge in [0.2, 0.25) is 5.88 Å². The summed E-state index contributed by atoms with van der Waals surface area (Å²) < 4.78 is 5.77. The molecular weight excluding hydrogens is 228 g/mol. The zero-order chi connectivity index (χ0) is 13.4. The molecule has 0 amide bonds. The molecule has 1 saturated heterocycles. The number of ether oxygens (including phenoxy) is 1. The highest BCUT2D eigenvalue weighted by molar-refractivity contribution is 5.16. The van der Waals surface area contributed by atoms with Crippen LogP contribution in [-0.4, -0.2) is 47.3 Å². The third-order valence-corrected chi connectivity index (χ3v) is 2.82. The van der Waals surface area contributed by atoms with Crippen LogP contribution in [0.3, 0.4) is 0 Å². The topological polar surface area (TPSA) is 45.6 Å². The van der Waals surface area contributed by atoms with Crippen molar-refractivity contribution in [1.82, 2.24) is 9.88 Å². The molecule has 1 unspecified atom stereocenters. The number of aryl methyl sites for hydroxylation is 1. The lowest BCUT2D eigenvalue weighted by molar-refractivity contribution is 0.176. The van der Waals surface area contributed by atoms with Crippen LogP contribution >= 0.6 is 0 Å². The monoisotopic (exact) mass is 252 g/mol. The van der Waals surface area contributed by atoms with Gasteiger partial charge in [-0.3, -0.25) is 4.90 Å². The van der Waals surface area contributed by atoms with Gasteiger partial charge in [0.1, 0.15) is 6.10 Å². The summed E-state index contributed by atoms with van der Waals surface area (Å²) in [6, 6.07) is 3.91. The van der Waals surface area contributed by atoms with Crippen molar-refractivity contribution in [2.24, 2.45) is 0 Å². The van der Waals surface area contributed by atoms with Crippen LogP contribution in [-0.2, 0) is 0 Å². The number of aromatic nitrogens is 1. The number of nitrogens with zero attached hydrogens (tertiary/aromatic N) is 2. The maximum Gasteiger partial charge on any atom is 0.213 e. The molecule has 4 nitrogen and oxygen atoms in total. The van der Waals surface area contributed by atoms with Crippen molar-refractivity contribution >= 4 is 0 Å². The van der Waals surface area contributed by atoms with Crippen LogP contribution in [0.1, 0.15) is 25.8 Å². The normalized spacial score (nSPS) is 19.2. The van der Waals surface area contributed by atoms with Gasteiger partial charge in [0, 0.05) is 31.9 Å². The van der Waals surface area contributed by atoms with Gasteiger partial charge in [0.15, 0.2) is 0 Å². The standard InChI is InChI=1S/C12H18N2O2.C2H6/c1-10-2-3-12(13-8-10)16-11-4-5-14(9-11)6-7-15;1-2/h2-3,8,11,15H,4-7,9H2,1H3;1-2H3. The summed E-state index contributed by atoms with van der Waals surface area (Å²) in [4.78, 5) is 6.43. The number of rotatable bonds is 4. The summed E-state index contributed by atoms with van der Waals surface area (Å²) in [5.74, 6) is 0.696. The second-order valence-electron chi connectivity index (χ2n) is 4.23. The number of aliphatic hydroxyl groups excluding tert-OH is 1. The molecule has 2 heterocycles. The molecule has 1 aliphatic heterocycles. The highest BCUT2D eigenvalue weighted by Gasteiger charge is 2.23. The summed E-state index contributed by atoms with van der Waals surface area (Å²) in [6.45, 7) is 8.85. The van der Waals surface area contributed by atoms with Crippen LogP contribution in [0.2, 0.25) is 0 Å². The van der Waals surface area contributed by atoms with Crippen molar-refractivity contribution in [2.45, 2.75) is 33.3 Å². The van der Waals surface area contributed by atoms with E-state index in [-0.39, 0.29) is 12.7 Å². The fourth-order valence-corrected chi connectivity index (χ4v) is 1.93. The average Bonchev–Trinajstić information content (AvgIpc) is 2.83. The lowest BCUT2D eigenvalue weighted by Gasteiger charge is -2.15. The Morgan fingerprint density at radius 2 is 2.22 bits per heavy atom. The van der Waals surface area contributed by atoms with Crippen LogP contribution in [0, 0.1) is 6.92 Å². The molecule has 0 spiro atoms. The molecule has 102 valence electrons. The van der Waals surface area contributed by atoms with Gasteiger partial charge in [-0.05, 0) is 18.9 Å².